The van der Waals surface area contributed by atoms with Gasteiger partial charge in [-0.2, -0.15) is 5.26 Å². The van der Waals surface area contributed by atoms with Gasteiger partial charge in [0.05, 0.1) is 22.6 Å². The van der Waals surface area contributed by atoms with Crippen LogP contribution >= 0.6 is 0 Å². The zero-order valence-corrected chi connectivity index (χ0v) is 21.8. The number of sulfonamides is 1. The van der Waals surface area contributed by atoms with E-state index in [1.165, 1.54) is 31.2 Å². The molecule has 13 nitrogen and oxygen atoms in total. The van der Waals surface area contributed by atoms with Crippen molar-refractivity contribution in [2.45, 2.75) is 55.6 Å². The number of rotatable bonds is 12. The number of hydrogen-bond donors (Lipinski definition) is 6. The molecule has 0 bridgehead atoms. The third-order valence-corrected chi connectivity index (χ3v) is 8.25. The Morgan fingerprint density at radius 1 is 1.29 bits per heavy atom. The summed E-state index contributed by atoms with van der Waals surface area (Å²) in [6.07, 6.45) is 1.54. The van der Waals surface area contributed by atoms with Gasteiger partial charge in [0.1, 0.15) is 6.04 Å². The van der Waals surface area contributed by atoms with Crippen LogP contribution in [0, 0.1) is 28.6 Å². The fraction of sp³-hybridized carbons (Fsp3) is 0.542. The smallest absolute Gasteiger partial charge is 0.320 e. The van der Waals surface area contributed by atoms with E-state index in [0.717, 1.165) is 12.8 Å². The van der Waals surface area contributed by atoms with E-state index >= 15 is 0 Å². The number of benzene rings is 1. The van der Waals surface area contributed by atoms with Gasteiger partial charge in [-0.1, -0.05) is 0 Å². The van der Waals surface area contributed by atoms with Crippen LogP contribution in [0.2, 0.25) is 0 Å². The summed E-state index contributed by atoms with van der Waals surface area (Å²) < 4.78 is 28.4. The lowest BCUT2D eigenvalue weighted by atomic mass is 9.98. The van der Waals surface area contributed by atoms with E-state index < -0.39 is 58.1 Å². The number of carbonyl (C=O) groups is 3. The molecular formula is C24H33N7O6S. The molecule has 38 heavy (non-hydrogen) atoms. The van der Waals surface area contributed by atoms with E-state index in [-0.39, 0.29) is 28.9 Å². The number of guanidine groups is 1. The number of carboxylic acids is 1. The summed E-state index contributed by atoms with van der Waals surface area (Å²) in [7, 11) is -4.21. The number of amides is 1. The maximum absolute atomic E-state index is 13.3. The SMILES string of the molecule is CC(N[C@H]1CC1C(=O)C(CC(=O)NC[C@@H]1CCCN(C(=N)N)C1)NS(=O)(=O)c1ccc(C#N)cc1)C(=O)O. The van der Waals surface area contributed by atoms with Gasteiger partial charge in [-0.25, -0.2) is 13.1 Å². The van der Waals surface area contributed by atoms with Crippen LogP contribution in [-0.4, -0.2) is 79.8 Å². The molecule has 206 valence electrons. The zero-order valence-electron chi connectivity index (χ0n) is 21.0. The van der Waals surface area contributed by atoms with Crippen LogP contribution in [0.3, 0.4) is 0 Å². The second-order valence-corrected chi connectivity index (χ2v) is 11.4. The Bertz CT molecular complexity index is 1210. The summed E-state index contributed by atoms with van der Waals surface area (Å²) in [5.41, 5.74) is 5.83. The first-order valence-corrected chi connectivity index (χ1v) is 13.8. The Morgan fingerprint density at radius 3 is 2.58 bits per heavy atom. The standard InChI is InChI=1S/C24H33N7O6S/c1-14(23(34)35)29-19-9-18(19)22(33)20(30-38(36,37)17-6-4-15(11-25)5-7-17)10-21(32)28-12-16-3-2-8-31(13-16)24(26)27/h4-7,14,16,18-20,29-30H,2-3,8-10,12-13H2,1H3,(H3,26,27)(H,28,32)(H,34,35)/t14?,16-,18?,19-,20?/m0/s1. The summed E-state index contributed by atoms with van der Waals surface area (Å²) in [6, 6.07) is 4.36. The lowest BCUT2D eigenvalue weighted by Crippen LogP contribution is -2.48. The number of carboxylic acid groups (broad SMARTS) is 1. The molecule has 1 saturated carbocycles. The second kappa shape index (κ2) is 12.3. The third kappa shape index (κ3) is 7.73. The molecule has 7 N–H and O–H groups in total. The number of carbonyl (C=O) groups excluding carboxylic acids is 2. The fourth-order valence-electron chi connectivity index (χ4n) is 4.47. The molecule has 3 rings (SSSR count). The summed E-state index contributed by atoms with van der Waals surface area (Å²) >= 11 is 0. The van der Waals surface area contributed by atoms with Crippen LogP contribution in [0.4, 0.5) is 0 Å². The van der Waals surface area contributed by atoms with Gasteiger partial charge in [-0.05, 0) is 56.4 Å². The van der Waals surface area contributed by atoms with Crippen molar-refractivity contribution in [2.24, 2.45) is 17.6 Å². The molecule has 2 fully saturated rings. The highest BCUT2D eigenvalue weighted by atomic mass is 32.2. The maximum atomic E-state index is 13.3. The molecule has 1 aromatic rings. The molecule has 0 aromatic heterocycles. The number of nitrogens with two attached hydrogens (primary N) is 1. The summed E-state index contributed by atoms with van der Waals surface area (Å²) in [5, 5.41) is 31.2. The third-order valence-electron chi connectivity index (χ3n) is 6.76. The van der Waals surface area contributed by atoms with Crippen LogP contribution in [0.15, 0.2) is 29.2 Å². The summed E-state index contributed by atoms with van der Waals surface area (Å²) in [5.74, 6) is -2.72. The Kier molecular flexibility index (Phi) is 9.42. The lowest BCUT2D eigenvalue weighted by Gasteiger charge is -2.33. The average molecular weight is 548 g/mol. The van der Waals surface area contributed by atoms with Crippen molar-refractivity contribution in [1.82, 2.24) is 20.3 Å². The number of nitriles is 1. The number of hydrogen-bond acceptors (Lipinski definition) is 8. The molecule has 1 aromatic carbocycles. The lowest BCUT2D eigenvalue weighted by molar-refractivity contribution is -0.139. The van der Waals surface area contributed by atoms with Gasteiger partial charge in [-0.15, -0.1) is 0 Å². The van der Waals surface area contributed by atoms with Crippen LogP contribution in [0.5, 0.6) is 0 Å². The van der Waals surface area contributed by atoms with E-state index in [1.54, 1.807) is 4.90 Å². The number of nitrogens with zero attached hydrogens (tertiary/aromatic N) is 2. The van der Waals surface area contributed by atoms with Crippen LogP contribution in [0.25, 0.3) is 0 Å². The van der Waals surface area contributed by atoms with Crippen molar-refractivity contribution in [1.29, 1.82) is 10.7 Å². The topological polar surface area (TPSA) is 219 Å². The molecule has 1 aliphatic heterocycles. The molecule has 2 aliphatic rings. The van der Waals surface area contributed by atoms with Crippen molar-refractivity contribution >= 4 is 33.6 Å². The monoisotopic (exact) mass is 547 g/mol. The van der Waals surface area contributed by atoms with E-state index in [0.29, 0.717) is 19.5 Å². The molecule has 5 atom stereocenters. The largest absolute Gasteiger partial charge is 0.480 e. The van der Waals surface area contributed by atoms with E-state index in [4.69, 9.17) is 21.5 Å². The van der Waals surface area contributed by atoms with Crippen molar-refractivity contribution in [3.63, 3.8) is 0 Å². The molecule has 3 unspecified atom stereocenters. The van der Waals surface area contributed by atoms with Gasteiger partial charge in [0, 0.05) is 38.0 Å². The van der Waals surface area contributed by atoms with Crippen LogP contribution < -0.4 is 21.1 Å². The van der Waals surface area contributed by atoms with Gasteiger partial charge >= 0.3 is 5.97 Å². The average Bonchev–Trinajstić information content (AvgIpc) is 3.65. The first-order valence-electron chi connectivity index (χ1n) is 12.3. The number of piperidine rings is 1. The highest BCUT2D eigenvalue weighted by Crippen LogP contribution is 2.33. The van der Waals surface area contributed by atoms with Gasteiger partial charge in [-0.3, -0.25) is 19.8 Å². The first kappa shape index (κ1) is 29.0. The number of likely N-dealkylation sites (tertiary alicyclic amines) is 1. The van der Waals surface area contributed by atoms with Gasteiger partial charge < -0.3 is 26.4 Å². The van der Waals surface area contributed by atoms with Crippen LogP contribution in [-0.2, 0) is 24.4 Å². The van der Waals surface area contributed by atoms with E-state index in [1.807, 2.05) is 6.07 Å². The minimum atomic E-state index is -4.21. The normalized spacial score (nSPS) is 22.5. The molecule has 0 spiro atoms. The quantitative estimate of drug-likeness (QED) is 0.143. The molecule has 1 heterocycles. The van der Waals surface area contributed by atoms with E-state index in [9.17, 15) is 22.8 Å². The van der Waals surface area contributed by atoms with Crippen LogP contribution in [0.1, 0.15) is 38.2 Å². The highest BCUT2D eigenvalue weighted by molar-refractivity contribution is 7.89. The summed E-state index contributed by atoms with van der Waals surface area (Å²) in [6.45, 7) is 2.92. The van der Waals surface area contributed by atoms with Gasteiger partial charge in [0.2, 0.25) is 15.9 Å². The van der Waals surface area contributed by atoms with E-state index in [2.05, 4.69) is 15.4 Å². The zero-order chi connectivity index (χ0) is 28.0. The Hall–Kier alpha value is -3.54. The molecular weight excluding hydrogens is 514 g/mol. The van der Waals surface area contributed by atoms with Crippen molar-refractivity contribution in [3.8, 4) is 6.07 Å². The molecule has 1 saturated heterocycles. The van der Waals surface area contributed by atoms with Gasteiger partial charge in [0.15, 0.2) is 11.7 Å². The minimum Gasteiger partial charge on any atom is -0.480 e. The Morgan fingerprint density at radius 2 is 1.97 bits per heavy atom. The van der Waals surface area contributed by atoms with Crippen molar-refractivity contribution in [2.75, 3.05) is 19.6 Å². The van der Waals surface area contributed by atoms with Gasteiger partial charge in [0.25, 0.3) is 0 Å². The Labute approximate surface area is 221 Å². The predicted molar refractivity (Wildman–Crippen MR) is 136 cm³/mol. The first-order chi connectivity index (χ1) is 17.9. The molecule has 1 aliphatic carbocycles. The minimum absolute atomic E-state index is 0.0336. The Balaban J connectivity index is 1.68. The molecule has 0 radical (unpaired) electrons. The second-order valence-electron chi connectivity index (χ2n) is 9.74. The molecule has 14 heteroatoms. The number of aliphatic carboxylic acids is 1. The maximum Gasteiger partial charge on any atom is 0.320 e. The van der Waals surface area contributed by atoms with Crippen molar-refractivity contribution < 1.29 is 27.9 Å². The summed E-state index contributed by atoms with van der Waals surface area (Å²) in [4.78, 5) is 38.8. The number of ketones is 1. The fourth-order valence-corrected chi connectivity index (χ4v) is 5.68. The predicted octanol–water partition coefficient (Wildman–Crippen LogP) is -0.663. The van der Waals surface area contributed by atoms with Crippen molar-refractivity contribution in [3.05, 3.63) is 29.8 Å². The molecule has 1 amide bonds. The highest BCUT2D eigenvalue weighted by Gasteiger charge is 2.47. The number of Topliss-reactive ketones (excluding diaryl/α,β-unsaturated/α-hetero) is 1. The number of nitrogens with one attached hydrogen (secondary N) is 4.